The van der Waals surface area contributed by atoms with Crippen molar-refractivity contribution in [3.05, 3.63) is 53.5 Å². The summed E-state index contributed by atoms with van der Waals surface area (Å²) in [7, 11) is 1.48. The maximum atomic E-state index is 13.0. The largest absolute Gasteiger partial charge is 0.481 e. The number of pyridine rings is 1. The van der Waals surface area contributed by atoms with Crippen molar-refractivity contribution >= 4 is 11.7 Å². The molecule has 0 atom stereocenters. The number of anilines is 1. The zero-order chi connectivity index (χ0) is 14.5. The molecule has 0 aliphatic rings. The van der Waals surface area contributed by atoms with E-state index in [4.69, 9.17) is 15.2 Å². The fraction of sp³-hybridized carbons (Fsp3) is 0.143. The van der Waals surface area contributed by atoms with E-state index in [0.29, 0.717) is 11.4 Å². The highest BCUT2D eigenvalue weighted by Crippen LogP contribution is 2.17. The number of nitrogens with zero attached hydrogens (tertiary/aromatic N) is 1. The summed E-state index contributed by atoms with van der Waals surface area (Å²) in [6.07, 6.45) is 1.57. The third kappa shape index (κ3) is 3.03. The summed E-state index contributed by atoms with van der Waals surface area (Å²) >= 11 is 0. The second-order valence-electron chi connectivity index (χ2n) is 3.98. The van der Waals surface area contributed by atoms with Gasteiger partial charge in [0.1, 0.15) is 12.4 Å². The van der Waals surface area contributed by atoms with Gasteiger partial charge >= 0.3 is 5.97 Å². The number of ether oxygens (including phenoxy) is 2. The number of rotatable bonds is 4. The zero-order valence-electron chi connectivity index (χ0n) is 10.8. The van der Waals surface area contributed by atoms with Crippen molar-refractivity contribution < 1.29 is 18.7 Å². The Bertz CT molecular complexity index is 632. The molecule has 2 aromatic rings. The van der Waals surface area contributed by atoms with Gasteiger partial charge in [-0.2, -0.15) is 0 Å². The van der Waals surface area contributed by atoms with Crippen LogP contribution in [-0.4, -0.2) is 18.1 Å². The molecule has 0 radical (unpaired) electrons. The first-order valence-corrected chi connectivity index (χ1v) is 5.82. The molecular formula is C14H13FN2O3. The third-order valence-corrected chi connectivity index (χ3v) is 2.63. The van der Waals surface area contributed by atoms with Crippen LogP contribution in [0.4, 0.5) is 10.1 Å². The summed E-state index contributed by atoms with van der Waals surface area (Å²) in [6.45, 7) is 0.00707. The Morgan fingerprint density at radius 1 is 1.40 bits per heavy atom. The molecule has 0 aliphatic carbocycles. The van der Waals surface area contributed by atoms with Crippen LogP contribution in [0.15, 0.2) is 36.5 Å². The number of halogens is 1. The lowest BCUT2D eigenvalue weighted by Crippen LogP contribution is -2.07. The molecule has 5 nitrogen and oxygen atoms in total. The molecule has 2 N–H and O–H groups in total. The number of aromatic nitrogens is 1. The molecule has 0 saturated heterocycles. The van der Waals surface area contributed by atoms with E-state index < -0.39 is 11.8 Å². The maximum absolute atomic E-state index is 13.0. The van der Waals surface area contributed by atoms with Crippen LogP contribution in [-0.2, 0) is 11.3 Å². The Balaban J connectivity index is 2.06. The second-order valence-corrected chi connectivity index (χ2v) is 3.98. The lowest BCUT2D eigenvalue weighted by atomic mass is 10.2. The van der Waals surface area contributed by atoms with Crippen molar-refractivity contribution in [1.29, 1.82) is 0 Å². The Morgan fingerprint density at radius 2 is 2.20 bits per heavy atom. The summed E-state index contributed by atoms with van der Waals surface area (Å²) in [5, 5.41) is 0. The summed E-state index contributed by atoms with van der Waals surface area (Å²) in [5.41, 5.74) is 6.12. The predicted octanol–water partition coefficient (Wildman–Crippen LogP) is 2.17. The number of carbonyl (C=O) groups excluding carboxylic acids is 1. The van der Waals surface area contributed by atoms with Crippen molar-refractivity contribution in [2.45, 2.75) is 6.61 Å². The van der Waals surface area contributed by atoms with Gasteiger partial charge in [-0.3, -0.25) is 0 Å². The van der Waals surface area contributed by atoms with Crippen molar-refractivity contribution in [3.63, 3.8) is 0 Å². The molecule has 0 saturated carbocycles. The highest BCUT2D eigenvalue weighted by molar-refractivity contribution is 5.90. The number of benzene rings is 1. The van der Waals surface area contributed by atoms with E-state index in [0.717, 1.165) is 6.07 Å². The average molecular weight is 276 g/mol. The Kier molecular flexibility index (Phi) is 4.14. The minimum atomic E-state index is -0.595. The summed E-state index contributed by atoms with van der Waals surface area (Å²) in [4.78, 5) is 15.8. The van der Waals surface area contributed by atoms with Gasteiger partial charge in [0.15, 0.2) is 0 Å². The molecule has 104 valence electrons. The van der Waals surface area contributed by atoms with Crippen molar-refractivity contribution in [1.82, 2.24) is 4.98 Å². The van der Waals surface area contributed by atoms with Crippen LogP contribution in [0.1, 0.15) is 15.9 Å². The number of nitrogen functional groups attached to an aromatic ring is 1. The first-order chi connectivity index (χ1) is 9.61. The Morgan fingerprint density at radius 3 is 2.90 bits per heavy atom. The second kappa shape index (κ2) is 6.01. The van der Waals surface area contributed by atoms with Crippen LogP contribution in [0.5, 0.6) is 5.88 Å². The molecule has 1 aromatic carbocycles. The average Bonchev–Trinajstić information content (AvgIpc) is 2.47. The molecule has 0 amide bonds. The molecule has 0 unspecified atom stereocenters. The van der Waals surface area contributed by atoms with E-state index in [1.807, 2.05) is 0 Å². The quantitative estimate of drug-likeness (QED) is 0.684. The van der Waals surface area contributed by atoms with Crippen molar-refractivity contribution in [3.8, 4) is 5.88 Å². The summed E-state index contributed by atoms with van der Waals surface area (Å²) in [6, 6.07) is 7.11. The minimum absolute atomic E-state index is 0.00707. The predicted molar refractivity (Wildman–Crippen MR) is 70.7 cm³/mol. The van der Waals surface area contributed by atoms with Gasteiger partial charge in [-0.25, -0.2) is 14.2 Å². The number of nitrogens with two attached hydrogens (primary N) is 1. The van der Waals surface area contributed by atoms with Crippen molar-refractivity contribution in [2.75, 3.05) is 12.8 Å². The van der Waals surface area contributed by atoms with E-state index in [9.17, 15) is 9.18 Å². The normalized spacial score (nSPS) is 10.1. The molecule has 20 heavy (non-hydrogen) atoms. The van der Waals surface area contributed by atoms with Crippen LogP contribution in [0.25, 0.3) is 0 Å². The van der Waals surface area contributed by atoms with E-state index in [1.165, 1.54) is 19.2 Å². The molecule has 6 heteroatoms. The van der Waals surface area contributed by atoms with Gasteiger partial charge in [-0.15, -0.1) is 0 Å². The fourth-order valence-electron chi connectivity index (χ4n) is 1.62. The van der Waals surface area contributed by atoms with E-state index in [1.54, 1.807) is 18.3 Å². The van der Waals surface area contributed by atoms with Crippen LogP contribution in [0, 0.1) is 5.82 Å². The molecular weight excluding hydrogens is 263 g/mol. The molecule has 0 fully saturated rings. The standard InChI is InChI=1S/C14H13FN2O3/c1-19-13-10(3-2-6-17-13)8-20-14(18)9-4-5-11(15)12(16)7-9/h2-7H,8,16H2,1H3. The number of methoxy groups -OCH3 is 1. The van der Waals surface area contributed by atoms with Crippen LogP contribution >= 0.6 is 0 Å². The van der Waals surface area contributed by atoms with Gasteiger partial charge in [-0.1, -0.05) is 0 Å². The smallest absolute Gasteiger partial charge is 0.338 e. The third-order valence-electron chi connectivity index (χ3n) is 2.63. The van der Waals surface area contributed by atoms with Crippen LogP contribution in [0.3, 0.4) is 0 Å². The first kappa shape index (κ1) is 13.8. The molecule has 0 aliphatic heterocycles. The number of esters is 1. The highest BCUT2D eigenvalue weighted by Gasteiger charge is 2.11. The van der Waals surface area contributed by atoms with Crippen LogP contribution < -0.4 is 10.5 Å². The summed E-state index contributed by atoms with van der Waals surface area (Å²) in [5.74, 6) is -0.781. The van der Waals surface area contributed by atoms with Gasteiger partial charge in [0, 0.05) is 6.20 Å². The van der Waals surface area contributed by atoms with Gasteiger partial charge in [-0.05, 0) is 30.3 Å². The number of hydrogen-bond donors (Lipinski definition) is 1. The molecule has 1 heterocycles. The first-order valence-electron chi connectivity index (χ1n) is 5.82. The van der Waals surface area contributed by atoms with E-state index in [2.05, 4.69) is 4.98 Å². The molecule has 2 rings (SSSR count). The van der Waals surface area contributed by atoms with Gasteiger partial charge in [0.05, 0.1) is 23.9 Å². The highest BCUT2D eigenvalue weighted by atomic mass is 19.1. The van der Waals surface area contributed by atoms with E-state index in [-0.39, 0.29) is 17.9 Å². The van der Waals surface area contributed by atoms with Gasteiger partial charge in [0.2, 0.25) is 5.88 Å². The zero-order valence-corrected chi connectivity index (χ0v) is 10.8. The topological polar surface area (TPSA) is 74.4 Å². The van der Waals surface area contributed by atoms with Crippen LogP contribution in [0.2, 0.25) is 0 Å². The maximum Gasteiger partial charge on any atom is 0.338 e. The Labute approximate surface area is 115 Å². The number of hydrogen-bond acceptors (Lipinski definition) is 5. The lowest BCUT2D eigenvalue weighted by molar-refractivity contribution is 0.0469. The molecule has 0 spiro atoms. The van der Waals surface area contributed by atoms with Gasteiger partial charge < -0.3 is 15.2 Å². The fourth-order valence-corrected chi connectivity index (χ4v) is 1.62. The van der Waals surface area contributed by atoms with E-state index >= 15 is 0 Å². The van der Waals surface area contributed by atoms with Crippen molar-refractivity contribution in [2.24, 2.45) is 0 Å². The number of carbonyl (C=O) groups is 1. The lowest BCUT2D eigenvalue weighted by Gasteiger charge is -2.08. The van der Waals surface area contributed by atoms with Gasteiger partial charge in [0.25, 0.3) is 0 Å². The SMILES string of the molecule is COc1ncccc1COC(=O)c1ccc(F)c(N)c1. The Hall–Kier alpha value is -2.63. The molecule has 0 bridgehead atoms. The molecule has 1 aromatic heterocycles. The minimum Gasteiger partial charge on any atom is -0.481 e. The summed E-state index contributed by atoms with van der Waals surface area (Å²) < 4.78 is 23.2. The monoisotopic (exact) mass is 276 g/mol.